The lowest BCUT2D eigenvalue weighted by molar-refractivity contribution is -0.132. The van der Waals surface area contributed by atoms with E-state index in [2.05, 4.69) is 11.0 Å². The minimum atomic E-state index is -0.661. The van der Waals surface area contributed by atoms with Crippen LogP contribution in [0.2, 0.25) is 5.02 Å². The van der Waals surface area contributed by atoms with Gasteiger partial charge in [0.25, 0.3) is 0 Å². The summed E-state index contributed by atoms with van der Waals surface area (Å²) < 4.78 is 19.8. The molecule has 0 N–H and O–H groups in total. The SMILES string of the molecule is N#CC1=C2SCN(Cc3ccco3)CN2C(=O)C[C@H]1c1c(F)cccc1Cl. The fourth-order valence-electron chi connectivity index (χ4n) is 3.42. The Balaban J connectivity index is 1.66. The zero-order valence-electron chi connectivity index (χ0n) is 14.2. The van der Waals surface area contributed by atoms with E-state index in [-0.39, 0.29) is 22.9 Å². The summed E-state index contributed by atoms with van der Waals surface area (Å²) in [4.78, 5) is 16.4. The summed E-state index contributed by atoms with van der Waals surface area (Å²) >= 11 is 7.59. The minimum absolute atomic E-state index is 0.0161. The van der Waals surface area contributed by atoms with E-state index in [4.69, 9.17) is 16.0 Å². The van der Waals surface area contributed by atoms with Gasteiger partial charge in [-0.25, -0.2) is 4.39 Å². The van der Waals surface area contributed by atoms with Crippen LogP contribution in [0.4, 0.5) is 4.39 Å². The average Bonchev–Trinajstić information content (AvgIpc) is 3.15. The van der Waals surface area contributed by atoms with Crippen molar-refractivity contribution in [3.8, 4) is 6.07 Å². The molecule has 0 spiro atoms. The highest BCUT2D eigenvalue weighted by molar-refractivity contribution is 8.03. The summed E-state index contributed by atoms with van der Waals surface area (Å²) in [5.41, 5.74) is 0.610. The first-order chi connectivity index (χ1) is 13.1. The van der Waals surface area contributed by atoms with Crippen LogP contribution in [0.5, 0.6) is 0 Å². The van der Waals surface area contributed by atoms with Gasteiger partial charge in [0.2, 0.25) is 5.91 Å². The fraction of sp³-hybridized carbons (Fsp3) is 0.263. The first-order valence-electron chi connectivity index (χ1n) is 8.34. The molecule has 1 fully saturated rings. The van der Waals surface area contributed by atoms with Crippen molar-refractivity contribution in [1.29, 1.82) is 5.26 Å². The molecule has 2 aliphatic heterocycles. The summed E-state index contributed by atoms with van der Waals surface area (Å²) in [6.07, 6.45) is 1.63. The molecule has 0 saturated carbocycles. The molecule has 0 radical (unpaired) electrons. The van der Waals surface area contributed by atoms with E-state index in [1.54, 1.807) is 17.2 Å². The van der Waals surface area contributed by atoms with Crippen LogP contribution in [0.3, 0.4) is 0 Å². The highest BCUT2D eigenvalue weighted by Crippen LogP contribution is 2.44. The van der Waals surface area contributed by atoms with Crippen LogP contribution in [0.1, 0.15) is 23.7 Å². The number of hydrogen-bond donors (Lipinski definition) is 0. The zero-order chi connectivity index (χ0) is 19.0. The van der Waals surface area contributed by atoms with E-state index in [0.29, 0.717) is 29.7 Å². The highest BCUT2D eigenvalue weighted by Gasteiger charge is 2.39. The molecule has 0 unspecified atom stereocenters. The lowest BCUT2D eigenvalue weighted by Crippen LogP contribution is -2.47. The highest BCUT2D eigenvalue weighted by atomic mass is 35.5. The summed E-state index contributed by atoms with van der Waals surface area (Å²) in [6, 6.07) is 10.3. The fourth-order valence-corrected chi connectivity index (χ4v) is 4.85. The van der Waals surface area contributed by atoms with Gasteiger partial charge in [-0.1, -0.05) is 29.4 Å². The number of fused-ring (bicyclic) bond motifs is 1. The standard InChI is InChI=1S/C19H15ClFN3O2S/c20-15-4-1-5-16(21)18(15)13-7-17(25)24-10-23(9-12-3-2-6-26-12)11-27-19(24)14(13)8-22/h1-6,13H,7,9-11H2/t13-/m1/s1. The second kappa shape index (κ2) is 7.39. The number of furan rings is 1. The van der Waals surface area contributed by atoms with E-state index in [0.717, 1.165) is 5.76 Å². The lowest BCUT2D eigenvalue weighted by Gasteiger charge is -2.41. The number of rotatable bonds is 3. The Kier molecular flexibility index (Phi) is 4.96. The first kappa shape index (κ1) is 18.1. The maximum Gasteiger partial charge on any atom is 0.229 e. The van der Waals surface area contributed by atoms with E-state index in [1.165, 1.54) is 23.9 Å². The zero-order valence-corrected chi connectivity index (χ0v) is 15.8. The average molecular weight is 404 g/mol. The molecule has 4 rings (SSSR count). The Morgan fingerprint density at radius 3 is 2.93 bits per heavy atom. The van der Waals surface area contributed by atoms with Crippen molar-refractivity contribution >= 4 is 29.3 Å². The van der Waals surface area contributed by atoms with Crippen LogP contribution >= 0.6 is 23.4 Å². The Labute approximate surface area is 165 Å². The van der Waals surface area contributed by atoms with Gasteiger partial charge in [-0.05, 0) is 24.3 Å². The molecule has 0 bridgehead atoms. The van der Waals surface area contributed by atoms with Gasteiger partial charge in [-0.2, -0.15) is 5.26 Å². The summed E-state index contributed by atoms with van der Waals surface area (Å²) in [5, 5.41) is 10.6. The van der Waals surface area contributed by atoms with E-state index in [9.17, 15) is 14.4 Å². The van der Waals surface area contributed by atoms with E-state index in [1.807, 2.05) is 12.1 Å². The van der Waals surface area contributed by atoms with Gasteiger partial charge in [-0.3, -0.25) is 14.6 Å². The molecule has 1 aromatic heterocycles. The molecular weight excluding hydrogens is 389 g/mol. The normalized spacial score (nSPS) is 20.6. The number of nitrogens with zero attached hydrogens (tertiary/aromatic N) is 3. The molecule has 1 atom stereocenters. The molecule has 5 nitrogen and oxygen atoms in total. The van der Waals surface area contributed by atoms with Crippen molar-refractivity contribution in [3.63, 3.8) is 0 Å². The quantitative estimate of drug-likeness (QED) is 0.765. The number of amides is 1. The van der Waals surface area contributed by atoms with Crippen molar-refractivity contribution in [1.82, 2.24) is 9.80 Å². The molecule has 0 aliphatic carbocycles. The van der Waals surface area contributed by atoms with Crippen LogP contribution < -0.4 is 0 Å². The number of halogens is 2. The van der Waals surface area contributed by atoms with Gasteiger partial charge >= 0.3 is 0 Å². The molecule has 8 heteroatoms. The maximum absolute atomic E-state index is 14.4. The molecule has 27 heavy (non-hydrogen) atoms. The second-order valence-corrected chi connectivity index (χ2v) is 7.71. The smallest absolute Gasteiger partial charge is 0.229 e. The first-order valence-corrected chi connectivity index (χ1v) is 9.71. The van der Waals surface area contributed by atoms with Gasteiger partial charge in [0, 0.05) is 22.9 Å². The number of hydrogen-bond acceptors (Lipinski definition) is 5. The number of benzene rings is 1. The van der Waals surface area contributed by atoms with Crippen molar-refractivity contribution in [3.05, 3.63) is 69.4 Å². The lowest BCUT2D eigenvalue weighted by atomic mass is 9.86. The van der Waals surface area contributed by atoms with Crippen molar-refractivity contribution in [2.75, 3.05) is 12.5 Å². The van der Waals surface area contributed by atoms with Gasteiger partial charge in [0.05, 0.1) is 42.0 Å². The van der Waals surface area contributed by atoms with Crippen molar-refractivity contribution < 1.29 is 13.6 Å². The molecule has 1 saturated heterocycles. The number of carbonyl (C=O) groups excluding carboxylic acids is 1. The van der Waals surface area contributed by atoms with E-state index < -0.39 is 11.7 Å². The van der Waals surface area contributed by atoms with Gasteiger partial charge in [0.15, 0.2) is 0 Å². The van der Waals surface area contributed by atoms with Crippen molar-refractivity contribution in [2.24, 2.45) is 0 Å². The largest absolute Gasteiger partial charge is 0.468 e. The predicted octanol–water partition coefficient (Wildman–Crippen LogP) is 4.29. The minimum Gasteiger partial charge on any atom is -0.468 e. The predicted molar refractivity (Wildman–Crippen MR) is 99.8 cm³/mol. The Morgan fingerprint density at radius 1 is 1.37 bits per heavy atom. The van der Waals surface area contributed by atoms with Crippen LogP contribution in [0, 0.1) is 17.1 Å². The third-order valence-electron chi connectivity index (χ3n) is 4.66. The van der Waals surface area contributed by atoms with Crippen LogP contribution in [0.25, 0.3) is 0 Å². The Bertz CT molecular complexity index is 934. The third-order valence-corrected chi connectivity index (χ3v) is 6.19. The summed E-state index contributed by atoms with van der Waals surface area (Å²) in [6.45, 7) is 0.937. The number of nitriles is 1. The van der Waals surface area contributed by atoms with Crippen molar-refractivity contribution in [2.45, 2.75) is 18.9 Å². The van der Waals surface area contributed by atoms with Gasteiger partial charge in [0.1, 0.15) is 11.6 Å². The maximum atomic E-state index is 14.4. The Hall–Kier alpha value is -2.27. The molecule has 1 amide bonds. The number of allylic oxidation sites excluding steroid dienone is 1. The number of thioether (sulfide) groups is 1. The van der Waals surface area contributed by atoms with Crippen LogP contribution in [-0.4, -0.2) is 28.3 Å². The van der Waals surface area contributed by atoms with Crippen LogP contribution in [-0.2, 0) is 11.3 Å². The molecule has 2 aromatic rings. The van der Waals surface area contributed by atoms with E-state index >= 15 is 0 Å². The van der Waals surface area contributed by atoms with Gasteiger partial charge < -0.3 is 4.42 Å². The molecule has 3 heterocycles. The molecule has 2 aliphatic rings. The second-order valence-electron chi connectivity index (χ2n) is 6.37. The topological polar surface area (TPSA) is 60.5 Å². The van der Waals surface area contributed by atoms with Crippen LogP contribution in [0.15, 0.2) is 51.6 Å². The summed E-state index contributed by atoms with van der Waals surface area (Å²) in [5.74, 6) is 0.103. The number of carbonyl (C=O) groups is 1. The molecule has 1 aromatic carbocycles. The van der Waals surface area contributed by atoms with Gasteiger partial charge in [-0.15, -0.1) is 0 Å². The monoisotopic (exact) mass is 403 g/mol. The Morgan fingerprint density at radius 2 is 2.22 bits per heavy atom. The molecular formula is C19H15ClFN3O2S. The third kappa shape index (κ3) is 3.36. The summed E-state index contributed by atoms with van der Waals surface area (Å²) in [7, 11) is 0. The molecule has 138 valence electrons.